The van der Waals surface area contributed by atoms with Crippen LogP contribution >= 0.6 is 46.0 Å². The van der Waals surface area contributed by atoms with Crippen LogP contribution in [0, 0.1) is 16.4 Å². The Hall–Kier alpha value is -2.11. The molecule has 1 aromatic heterocycles. The second-order valence-electron chi connectivity index (χ2n) is 8.06. The molecule has 2 N–H and O–H groups in total. The first-order valence-corrected chi connectivity index (χ1v) is 13.3. The largest absolute Gasteiger partial charge is 0.342 e. The zero-order valence-corrected chi connectivity index (χ0v) is 23.2. The van der Waals surface area contributed by atoms with Gasteiger partial charge in [-0.25, -0.2) is 0 Å². The Morgan fingerprint density at radius 3 is 2.56 bits per heavy atom. The number of aryl methyl sites for hydroxylation is 1. The SMILES string of the molecule is CCn1c(SCC(=O)Nc2ccc(I)cc2C)nnc1[C@H](NC(=O)c1ccccc1Cl)C(C)C. The van der Waals surface area contributed by atoms with Gasteiger partial charge in [0.25, 0.3) is 5.91 Å². The summed E-state index contributed by atoms with van der Waals surface area (Å²) in [7, 11) is 0. The minimum atomic E-state index is -0.367. The lowest BCUT2D eigenvalue weighted by atomic mass is 10.0. The van der Waals surface area contributed by atoms with E-state index in [0.717, 1.165) is 14.8 Å². The average molecular weight is 612 g/mol. The van der Waals surface area contributed by atoms with Crippen LogP contribution in [-0.4, -0.2) is 32.3 Å². The summed E-state index contributed by atoms with van der Waals surface area (Å²) in [4.78, 5) is 25.4. The van der Waals surface area contributed by atoms with Crippen molar-refractivity contribution in [3.05, 3.63) is 68.0 Å². The lowest BCUT2D eigenvalue weighted by molar-refractivity contribution is -0.113. The van der Waals surface area contributed by atoms with Gasteiger partial charge in [-0.05, 0) is 78.3 Å². The molecule has 3 aromatic rings. The van der Waals surface area contributed by atoms with Crippen molar-refractivity contribution in [2.24, 2.45) is 5.92 Å². The van der Waals surface area contributed by atoms with Crippen LogP contribution in [0.15, 0.2) is 47.6 Å². The van der Waals surface area contributed by atoms with Crippen LogP contribution in [0.2, 0.25) is 5.02 Å². The summed E-state index contributed by atoms with van der Waals surface area (Å²) < 4.78 is 3.05. The molecule has 7 nitrogen and oxygen atoms in total. The van der Waals surface area contributed by atoms with E-state index in [1.807, 2.05) is 50.5 Å². The molecule has 0 spiro atoms. The molecule has 10 heteroatoms. The Labute approximate surface area is 222 Å². The van der Waals surface area contributed by atoms with Gasteiger partial charge in [0.1, 0.15) is 0 Å². The number of aromatic nitrogens is 3. The molecule has 180 valence electrons. The third-order valence-electron chi connectivity index (χ3n) is 5.21. The molecule has 0 bridgehead atoms. The highest BCUT2D eigenvalue weighted by molar-refractivity contribution is 14.1. The molecule has 0 fully saturated rings. The van der Waals surface area contributed by atoms with Crippen molar-refractivity contribution in [1.82, 2.24) is 20.1 Å². The van der Waals surface area contributed by atoms with E-state index in [9.17, 15) is 9.59 Å². The third-order valence-corrected chi connectivity index (χ3v) is 7.17. The molecule has 0 radical (unpaired) electrons. The third kappa shape index (κ3) is 6.51. The van der Waals surface area contributed by atoms with E-state index >= 15 is 0 Å². The van der Waals surface area contributed by atoms with Crippen LogP contribution < -0.4 is 10.6 Å². The highest BCUT2D eigenvalue weighted by atomic mass is 127. The van der Waals surface area contributed by atoms with Gasteiger partial charge in [0, 0.05) is 15.8 Å². The predicted octanol–water partition coefficient (Wildman–Crippen LogP) is 5.72. The summed E-state index contributed by atoms with van der Waals surface area (Å²) >= 11 is 9.76. The fourth-order valence-electron chi connectivity index (χ4n) is 3.41. The Kier molecular flexibility index (Phi) is 9.38. The topological polar surface area (TPSA) is 88.9 Å². The van der Waals surface area contributed by atoms with Gasteiger partial charge in [-0.3, -0.25) is 9.59 Å². The number of nitrogens with zero attached hydrogens (tertiary/aromatic N) is 3. The van der Waals surface area contributed by atoms with E-state index in [-0.39, 0.29) is 29.5 Å². The van der Waals surface area contributed by atoms with Crippen LogP contribution in [0.3, 0.4) is 0 Å². The number of carbonyl (C=O) groups excluding carboxylic acids is 2. The summed E-state index contributed by atoms with van der Waals surface area (Å²) in [5, 5.41) is 15.7. The van der Waals surface area contributed by atoms with Crippen LogP contribution in [0.25, 0.3) is 0 Å². The fourth-order valence-corrected chi connectivity index (χ4v) is 5.09. The van der Waals surface area contributed by atoms with Gasteiger partial charge < -0.3 is 15.2 Å². The van der Waals surface area contributed by atoms with E-state index in [1.54, 1.807) is 24.3 Å². The van der Waals surface area contributed by atoms with Crippen molar-refractivity contribution in [2.75, 3.05) is 11.1 Å². The molecule has 1 heterocycles. The number of amides is 2. The molecule has 0 aliphatic heterocycles. The molecule has 0 aliphatic rings. The number of thioether (sulfide) groups is 1. The fraction of sp³-hybridized carbons (Fsp3) is 0.333. The number of halogens is 2. The van der Waals surface area contributed by atoms with Crippen LogP contribution in [0.1, 0.15) is 48.6 Å². The quantitative estimate of drug-likeness (QED) is 0.239. The maximum absolute atomic E-state index is 12.9. The number of benzene rings is 2. The summed E-state index contributed by atoms with van der Waals surface area (Å²) in [6.45, 7) is 8.58. The van der Waals surface area contributed by atoms with Gasteiger partial charge in [-0.1, -0.05) is 49.3 Å². The predicted molar refractivity (Wildman–Crippen MR) is 145 cm³/mol. The maximum Gasteiger partial charge on any atom is 0.253 e. The Morgan fingerprint density at radius 1 is 1.18 bits per heavy atom. The molecule has 0 aliphatic carbocycles. The number of hydrogen-bond acceptors (Lipinski definition) is 5. The standard InChI is InChI=1S/C24H27ClIN5O2S/c1-5-31-22(21(14(2)3)28-23(33)17-8-6-7-9-18(17)25)29-30-24(31)34-13-20(32)27-19-11-10-16(26)12-15(19)4/h6-12,14,21H,5,13H2,1-4H3,(H,27,32)(H,28,33)/t21-/m1/s1. The number of anilines is 1. The first kappa shape index (κ1) is 26.5. The lowest BCUT2D eigenvalue weighted by Crippen LogP contribution is -2.34. The average Bonchev–Trinajstić information content (AvgIpc) is 3.20. The molecule has 2 aromatic carbocycles. The smallest absolute Gasteiger partial charge is 0.253 e. The first-order chi connectivity index (χ1) is 16.2. The molecule has 3 rings (SSSR count). The van der Waals surface area contributed by atoms with Crippen LogP contribution in [-0.2, 0) is 11.3 Å². The Balaban J connectivity index is 1.72. The molecular weight excluding hydrogens is 585 g/mol. The van der Waals surface area contributed by atoms with Gasteiger partial charge in [0.05, 0.1) is 22.4 Å². The number of carbonyl (C=O) groups is 2. The molecule has 1 atom stereocenters. The molecule has 0 saturated carbocycles. The second-order valence-corrected chi connectivity index (χ2v) is 10.7. The minimum absolute atomic E-state index is 0.0611. The summed E-state index contributed by atoms with van der Waals surface area (Å²) in [5.74, 6) is 0.521. The number of hydrogen-bond donors (Lipinski definition) is 2. The van der Waals surface area contributed by atoms with Gasteiger partial charge in [-0.15, -0.1) is 10.2 Å². The summed E-state index contributed by atoms with van der Waals surface area (Å²) in [6, 6.07) is 12.5. The Bertz CT molecular complexity index is 1180. The van der Waals surface area contributed by atoms with Crippen molar-refractivity contribution < 1.29 is 9.59 Å². The van der Waals surface area contributed by atoms with Gasteiger partial charge >= 0.3 is 0 Å². The molecule has 0 saturated heterocycles. The highest BCUT2D eigenvalue weighted by Crippen LogP contribution is 2.27. The van der Waals surface area contributed by atoms with Gasteiger partial charge in [0.2, 0.25) is 5.91 Å². The van der Waals surface area contributed by atoms with E-state index < -0.39 is 0 Å². The molecular formula is C24H27ClIN5O2S. The summed E-state index contributed by atoms with van der Waals surface area (Å²) in [6.07, 6.45) is 0. The van der Waals surface area contributed by atoms with E-state index in [0.29, 0.717) is 28.1 Å². The van der Waals surface area contributed by atoms with E-state index in [1.165, 1.54) is 11.8 Å². The van der Waals surface area contributed by atoms with Crippen LogP contribution in [0.5, 0.6) is 0 Å². The molecule has 34 heavy (non-hydrogen) atoms. The van der Waals surface area contributed by atoms with Crippen molar-refractivity contribution in [3.63, 3.8) is 0 Å². The maximum atomic E-state index is 12.9. The highest BCUT2D eigenvalue weighted by Gasteiger charge is 2.26. The Morgan fingerprint density at radius 2 is 1.91 bits per heavy atom. The summed E-state index contributed by atoms with van der Waals surface area (Å²) in [5.41, 5.74) is 2.22. The van der Waals surface area contributed by atoms with Crippen LogP contribution in [0.4, 0.5) is 5.69 Å². The van der Waals surface area contributed by atoms with E-state index in [2.05, 4.69) is 43.4 Å². The monoisotopic (exact) mass is 611 g/mol. The zero-order chi connectivity index (χ0) is 24.8. The minimum Gasteiger partial charge on any atom is -0.342 e. The van der Waals surface area contributed by atoms with Crippen molar-refractivity contribution in [2.45, 2.75) is 45.4 Å². The molecule has 2 amide bonds. The second kappa shape index (κ2) is 12.0. The normalized spacial score (nSPS) is 12.0. The number of nitrogens with one attached hydrogen (secondary N) is 2. The lowest BCUT2D eigenvalue weighted by Gasteiger charge is -2.22. The first-order valence-electron chi connectivity index (χ1n) is 10.9. The van der Waals surface area contributed by atoms with Gasteiger partial charge in [0.15, 0.2) is 11.0 Å². The van der Waals surface area contributed by atoms with Crippen molar-refractivity contribution >= 4 is 63.5 Å². The van der Waals surface area contributed by atoms with Gasteiger partial charge in [-0.2, -0.15) is 0 Å². The van der Waals surface area contributed by atoms with Crippen molar-refractivity contribution in [3.8, 4) is 0 Å². The van der Waals surface area contributed by atoms with Crippen molar-refractivity contribution in [1.29, 1.82) is 0 Å². The van der Waals surface area contributed by atoms with E-state index in [4.69, 9.17) is 11.6 Å². The zero-order valence-electron chi connectivity index (χ0n) is 19.4. The number of rotatable bonds is 9. The molecule has 0 unspecified atom stereocenters.